The maximum Gasteiger partial charge on any atom is 0.404 e. The summed E-state index contributed by atoms with van der Waals surface area (Å²) in [5.41, 5.74) is 2.03. The van der Waals surface area contributed by atoms with Gasteiger partial charge < -0.3 is 29.7 Å². The second kappa shape index (κ2) is 16.7. The first-order chi connectivity index (χ1) is 19.9. The summed E-state index contributed by atoms with van der Waals surface area (Å²) in [6.07, 6.45) is 5.08. The molecule has 0 bridgehead atoms. The zero-order valence-corrected chi connectivity index (χ0v) is 24.6. The fourth-order valence-corrected chi connectivity index (χ4v) is 5.23. The molecule has 3 rings (SSSR count). The van der Waals surface area contributed by atoms with Crippen molar-refractivity contribution in [3.63, 3.8) is 0 Å². The number of hydrogen-bond acceptors (Lipinski definition) is 5. The van der Waals surface area contributed by atoms with E-state index in [1.54, 1.807) is 14.2 Å². The number of aliphatic hydroxyl groups excluding tert-OH is 1. The lowest BCUT2D eigenvalue weighted by atomic mass is 9.79. The van der Waals surface area contributed by atoms with E-state index in [9.17, 15) is 9.90 Å². The standard InChI is InChI=1S/C34H45NO6/c1-4-30(25-29(36)15-11-6-5-7-12-24-35-33(37)38)41-34(26-13-9-8-10-14-26,27-16-20-31(39-2)21-17-27)28-18-22-32(40-3)23-19-28/h8-10,13-14,16-23,29-30,35-36H,4-7,11-12,15,24-25H2,1-3H3,(H,37,38). The van der Waals surface area contributed by atoms with E-state index in [1.807, 2.05) is 66.7 Å². The molecule has 0 radical (unpaired) electrons. The van der Waals surface area contributed by atoms with Crippen LogP contribution in [0.1, 0.15) is 75.0 Å². The number of ether oxygens (including phenoxy) is 3. The molecule has 3 aromatic rings. The van der Waals surface area contributed by atoms with Crippen LogP contribution in [0, 0.1) is 0 Å². The molecule has 1 amide bonds. The Morgan fingerprint density at radius 2 is 1.29 bits per heavy atom. The number of amides is 1. The van der Waals surface area contributed by atoms with Gasteiger partial charge in [-0.2, -0.15) is 0 Å². The number of carboxylic acid groups (broad SMARTS) is 1. The van der Waals surface area contributed by atoms with Gasteiger partial charge in [-0.05, 0) is 66.6 Å². The van der Waals surface area contributed by atoms with Crippen molar-refractivity contribution in [2.24, 2.45) is 0 Å². The maximum absolute atomic E-state index is 11.0. The highest BCUT2D eigenvalue weighted by atomic mass is 16.5. The molecule has 0 fully saturated rings. The minimum absolute atomic E-state index is 0.198. The molecule has 41 heavy (non-hydrogen) atoms. The lowest BCUT2D eigenvalue weighted by Gasteiger charge is -2.39. The van der Waals surface area contributed by atoms with Crippen molar-refractivity contribution >= 4 is 6.09 Å². The fourth-order valence-electron chi connectivity index (χ4n) is 5.23. The maximum atomic E-state index is 11.0. The lowest BCUT2D eigenvalue weighted by Crippen LogP contribution is -2.38. The summed E-state index contributed by atoms with van der Waals surface area (Å²) in [5.74, 6) is 1.54. The number of methoxy groups -OCH3 is 2. The smallest absolute Gasteiger partial charge is 0.404 e. The van der Waals surface area contributed by atoms with Crippen molar-refractivity contribution in [1.82, 2.24) is 5.32 Å². The summed E-state index contributed by atoms with van der Waals surface area (Å²) in [4.78, 5) is 10.5. The SMILES string of the molecule is CCC(CC(O)CCCCCCCNC(=O)O)OC(c1ccccc1)(c1ccc(OC)cc1)c1ccc(OC)cc1. The van der Waals surface area contributed by atoms with Crippen LogP contribution in [-0.4, -0.2) is 49.3 Å². The summed E-state index contributed by atoms with van der Waals surface area (Å²) in [6.45, 7) is 2.58. The molecule has 0 aliphatic carbocycles. The first-order valence-corrected chi connectivity index (χ1v) is 14.6. The molecule has 7 nitrogen and oxygen atoms in total. The Labute approximate surface area is 244 Å². The predicted molar refractivity (Wildman–Crippen MR) is 162 cm³/mol. The molecule has 2 atom stereocenters. The highest BCUT2D eigenvalue weighted by Crippen LogP contribution is 2.43. The van der Waals surface area contributed by atoms with E-state index in [0.717, 1.165) is 66.7 Å². The van der Waals surface area contributed by atoms with Gasteiger partial charge in [-0.25, -0.2) is 4.79 Å². The summed E-state index contributed by atoms with van der Waals surface area (Å²) >= 11 is 0. The number of aliphatic hydroxyl groups is 1. The van der Waals surface area contributed by atoms with Crippen molar-refractivity contribution in [2.45, 2.75) is 76.1 Å². The van der Waals surface area contributed by atoms with Crippen molar-refractivity contribution in [2.75, 3.05) is 20.8 Å². The van der Waals surface area contributed by atoms with Gasteiger partial charge in [0.1, 0.15) is 17.1 Å². The third-order valence-electron chi connectivity index (χ3n) is 7.50. The Hall–Kier alpha value is -3.55. The van der Waals surface area contributed by atoms with Crippen LogP contribution in [0.2, 0.25) is 0 Å². The lowest BCUT2D eigenvalue weighted by molar-refractivity contribution is -0.0684. The highest BCUT2D eigenvalue weighted by Gasteiger charge is 2.40. The van der Waals surface area contributed by atoms with Crippen LogP contribution < -0.4 is 14.8 Å². The van der Waals surface area contributed by atoms with Crippen LogP contribution in [-0.2, 0) is 10.3 Å². The average molecular weight is 564 g/mol. The number of carbonyl (C=O) groups is 1. The van der Waals surface area contributed by atoms with Gasteiger partial charge >= 0.3 is 6.09 Å². The van der Waals surface area contributed by atoms with Crippen LogP contribution in [0.15, 0.2) is 78.9 Å². The molecule has 3 N–H and O–H groups in total. The molecule has 0 saturated heterocycles. The van der Waals surface area contributed by atoms with Crippen LogP contribution in [0.4, 0.5) is 4.79 Å². The van der Waals surface area contributed by atoms with E-state index in [4.69, 9.17) is 19.3 Å². The Kier molecular flexibility index (Phi) is 13.0. The second-order valence-electron chi connectivity index (χ2n) is 10.3. The summed E-state index contributed by atoms with van der Waals surface area (Å²) in [5, 5.41) is 22.1. The Morgan fingerprint density at radius 1 is 0.780 bits per heavy atom. The summed E-state index contributed by atoms with van der Waals surface area (Å²) in [6, 6.07) is 26.2. The number of nitrogens with one attached hydrogen (secondary N) is 1. The molecule has 0 heterocycles. The van der Waals surface area contributed by atoms with Gasteiger partial charge in [-0.15, -0.1) is 0 Å². The van der Waals surface area contributed by atoms with E-state index in [0.29, 0.717) is 19.4 Å². The molecule has 3 aromatic carbocycles. The van der Waals surface area contributed by atoms with Gasteiger partial charge in [0.2, 0.25) is 0 Å². The van der Waals surface area contributed by atoms with Crippen LogP contribution in [0.25, 0.3) is 0 Å². The molecule has 0 aliphatic heterocycles. The largest absolute Gasteiger partial charge is 0.497 e. The van der Waals surface area contributed by atoms with Gasteiger partial charge in [-0.3, -0.25) is 0 Å². The Bertz CT molecular complexity index is 1100. The zero-order chi connectivity index (χ0) is 29.5. The number of benzene rings is 3. The normalized spacial score (nSPS) is 12.9. The minimum atomic E-state index is -0.976. The molecule has 0 saturated carbocycles. The van der Waals surface area contributed by atoms with Gasteiger partial charge in [0.05, 0.1) is 26.4 Å². The predicted octanol–water partition coefficient (Wildman–Crippen LogP) is 7.15. The zero-order valence-electron chi connectivity index (χ0n) is 24.6. The molecule has 0 aliphatic rings. The molecular formula is C34H45NO6. The topological polar surface area (TPSA) is 97.3 Å². The molecule has 222 valence electrons. The Balaban J connectivity index is 1.81. The van der Waals surface area contributed by atoms with E-state index in [-0.39, 0.29) is 6.10 Å². The fraction of sp³-hybridized carbons (Fsp3) is 0.441. The molecule has 2 unspecified atom stereocenters. The van der Waals surface area contributed by atoms with E-state index in [1.165, 1.54) is 0 Å². The van der Waals surface area contributed by atoms with Crippen molar-refractivity contribution in [1.29, 1.82) is 0 Å². The average Bonchev–Trinajstić information content (AvgIpc) is 3.01. The summed E-state index contributed by atoms with van der Waals surface area (Å²) in [7, 11) is 3.31. The van der Waals surface area contributed by atoms with Gasteiger partial charge in [0, 0.05) is 6.54 Å². The van der Waals surface area contributed by atoms with E-state index >= 15 is 0 Å². The van der Waals surface area contributed by atoms with E-state index in [2.05, 4.69) is 24.4 Å². The third kappa shape index (κ3) is 9.23. The van der Waals surface area contributed by atoms with Gasteiger partial charge in [0.25, 0.3) is 0 Å². The first kappa shape index (κ1) is 32.0. The second-order valence-corrected chi connectivity index (χ2v) is 10.3. The monoisotopic (exact) mass is 563 g/mol. The first-order valence-electron chi connectivity index (χ1n) is 14.6. The number of rotatable bonds is 18. The van der Waals surface area contributed by atoms with Crippen molar-refractivity contribution < 1.29 is 29.2 Å². The molecule has 0 spiro atoms. The number of unbranched alkanes of at least 4 members (excludes halogenated alkanes) is 4. The molecule has 7 heteroatoms. The van der Waals surface area contributed by atoms with E-state index < -0.39 is 17.8 Å². The highest BCUT2D eigenvalue weighted by molar-refractivity contribution is 5.64. The van der Waals surface area contributed by atoms with Crippen molar-refractivity contribution in [3.8, 4) is 11.5 Å². The van der Waals surface area contributed by atoms with Gasteiger partial charge in [-0.1, -0.05) is 87.2 Å². The molecular weight excluding hydrogens is 518 g/mol. The number of hydrogen-bond donors (Lipinski definition) is 3. The summed E-state index contributed by atoms with van der Waals surface area (Å²) < 4.78 is 18.0. The van der Waals surface area contributed by atoms with Crippen molar-refractivity contribution in [3.05, 3.63) is 95.6 Å². The Morgan fingerprint density at radius 3 is 1.80 bits per heavy atom. The van der Waals surface area contributed by atoms with Crippen LogP contribution >= 0.6 is 0 Å². The quantitative estimate of drug-likeness (QED) is 0.112. The van der Waals surface area contributed by atoms with Crippen LogP contribution in [0.5, 0.6) is 11.5 Å². The van der Waals surface area contributed by atoms with Crippen LogP contribution in [0.3, 0.4) is 0 Å². The van der Waals surface area contributed by atoms with Gasteiger partial charge in [0.15, 0.2) is 0 Å². The third-order valence-corrected chi connectivity index (χ3v) is 7.50. The minimum Gasteiger partial charge on any atom is -0.497 e. The molecule has 0 aromatic heterocycles.